The van der Waals surface area contributed by atoms with Crippen molar-refractivity contribution in [3.05, 3.63) is 48.0 Å². The van der Waals surface area contributed by atoms with E-state index in [1.165, 1.54) is 6.07 Å². The second-order valence-corrected chi connectivity index (χ2v) is 4.21. The van der Waals surface area contributed by atoms with Crippen molar-refractivity contribution < 1.29 is 14.6 Å². The Morgan fingerprint density at radius 1 is 1.25 bits per heavy atom. The first-order valence-electron chi connectivity index (χ1n) is 5.92. The number of benzene rings is 2. The van der Waals surface area contributed by atoms with Gasteiger partial charge in [0.05, 0.1) is 23.9 Å². The number of carboxylic acid groups (broad SMARTS) is 1. The molecule has 0 fully saturated rings. The minimum absolute atomic E-state index is 0.198. The fraction of sp³-hybridized carbons (Fsp3) is 0.0714. The van der Waals surface area contributed by atoms with E-state index in [1.54, 1.807) is 23.9 Å². The number of aromatic nitrogens is 3. The molecule has 1 heterocycles. The number of carbonyl (C=O) groups is 1. The molecule has 0 unspecified atom stereocenters. The molecule has 1 N–H and O–H groups in total. The Labute approximate surface area is 114 Å². The van der Waals surface area contributed by atoms with Crippen LogP contribution < -0.4 is 4.74 Å². The Morgan fingerprint density at radius 3 is 2.85 bits per heavy atom. The lowest BCUT2D eigenvalue weighted by atomic mass is 10.2. The summed E-state index contributed by atoms with van der Waals surface area (Å²) < 4.78 is 6.76. The fourth-order valence-electron chi connectivity index (χ4n) is 1.98. The number of nitrogens with zero attached hydrogens (tertiary/aromatic N) is 3. The summed E-state index contributed by atoms with van der Waals surface area (Å²) >= 11 is 0. The van der Waals surface area contributed by atoms with Gasteiger partial charge in [-0.15, -0.1) is 5.10 Å². The Balaban J connectivity index is 2.20. The van der Waals surface area contributed by atoms with Gasteiger partial charge in [-0.25, -0.2) is 9.48 Å². The maximum absolute atomic E-state index is 11.0. The van der Waals surface area contributed by atoms with Gasteiger partial charge in [0.15, 0.2) is 0 Å². The third-order valence-electron chi connectivity index (χ3n) is 2.99. The normalized spacial score (nSPS) is 10.7. The van der Waals surface area contributed by atoms with E-state index in [4.69, 9.17) is 9.84 Å². The number of hydrogen-bond donors (Lipinski definition) is 1. The Morgan fingerprint density at radius 2 is 2.10 bits per heavy atom. The molecule has 0 saturated heterocycles. The third-order valence-corrected chi connectivity index (χ3v) is 2.99. The zero-order valence-electron chi connectivity index (χ0n) is 10.6. The lowest BCUT2D eigenvalue weighted by Crippen LogP contribution is -1.99. The lowest BCUT2D eigenvalue weighted by molar-refractivity contribution is 0.0697. The Kier molecular flexibility index (Phi) is 2.83. The van der Waals surface area contributed by atoms with Crippen LogP contribution in [0.5, 0.6) is 5.75 Å². The lowest BCUT2D eigenvalue weighted by Gasteiger charge is -2.05. The van der Waals surface area contributed by atoms with E-state index in [2.05, 4.69) is 10.3 Å². The second-order valence-electron chi connectivity index (χ2n) is 4.21. The number of hydrogen-bond acceptors (Lipinski definition) is 4. The van der Waals surface area contributed by atoms with Crippen LogP contribution in [0.4, 0.5) is 0 Å². The molecule has 0 aliphatic carbocycles. The van der Waals surface area contributed by atoms with Crippen LogP contribution in [0.2, 0.25) is 0 Å². The first kappa shape index (κ1) is 12.2. The maximum Gasteiger partial charge on any atom is 0.335 e. The van der Waals surface area contributed by atoms with Crippen molar-refractivity contribution in [1.29, 1.82) is 0 Å². The predicted octanol–water partition coefficient (Wildman–Crippen LogP) is 2.13. The van der Waals surface area contributed by atoms with Crippen molar-refractivity contribution in [3.8, 4) is 11.4 Å². The number of methoxy groups -OCH3 is 1. The van der Waals surface area contributed by atoms with Crippen LogP contribution >= 0.6 is 0 Å². The average molecular weight is 269 g/mol. The summed E-state index contributed by atoms with van der Waals surface area (Å²) in [5, 5.41) is 17.1. The second kappa shape index (κ2) is 4.65. The molecule has 6 nitrogen and oxygen atoms in total. The van der Waals surface area contributed by atoms with Gasteiger partial charge in [-0.2, -0.15) is 0 Å². The van der Waals surface area contributed by atoms with E-state index in [0.717, 1.165) is 5.69 Å². The van der Waals surface area contributed by atoms with Crippen LogP contribution in [-0.2, 0) is 0 Å². The highest BCUT2D eigenvalue weighted by Gasteiger charge is 2.10. The molecular weight excluding hydrogens is 258 g/mol. The molecule has 6 heteroatoms. The van der Waals surface area contributed by atoms with Crippen LogP contribution in [-0.4, -0.2) is 33.2 Å². The van der Waals surface area contributed by atoms with Gasteiger partial charge in [0.25, 0.3) is 0 Å². The van der Waals surface area contributed by atoms with E-state index in [1.807, 2.05) is 24.3 Å². The van der Waals surface area contributed by atoms with Gasteiger partial charge in [0.1, 0.15) is 11.3 Å². The van der Waals surface area contributed by atoms with Crippen LogP contribution in [0.1, 0.15) is 10.4 Å². The largest absolute Gasteiger partial charge is 0.497 e. The van der Waals surface area contributed by atoms with E-state index in [9.17, 15) is 4.79 Å². The summed E-state index contributed by atoms with van der Waals surface area (Å²) in [5.74, 6) is -0.286. The summed E-state index contributed by atoms with van der Waals surface area (Å²) in [6.07, 6.45) is 0. The van der Waals surface area contributed by atoms with Crippen molar-refractivity contribution in [2.75, 3.05) is 7.11 Å². The van der Waals surface area contributed by atoms with Crippen LogP contribution in [0.15, 0.2) is 42.5 Å². The molecule has 3 rings (SSSR count). The van der Waals surface area contributed by atoms with Gasteiger partial charge in [-0.3, -0.25) is 0 Å². The monoisotopic (exact) mass is 269 g/mol. The third kappa shape index (κ3) is 1.97. The molecule has 0 saturated carbocycles. The van der Waals surface area contributed by atoms with Gasteiger partial charge in [-0.1, -0.05) is 11.3 Å². The van der Waals surface area contributed by atoms with E-state index in [0.29, 0.717) is 16.8 Å². The maximum atomic E-state index is 11.0. The SMILES string of the molecule is COc1cccc(-n2nnc3ccc(C(=O)O)cc32)c1. The molecule has 20 heavy (non-hydrogen) atoms. The molecular formula is C14H11N3O3. The van der Waals surface area contributed by atoms with E-state index < -0.39 is 5.97 Å². The van der Waals surface area contributed by atoms with Gasteiger partial charge >= 0.3 is 5.97 Å². The molecule has 0 atom stereocenters. The smallest absolute Gasteiger partial charge is 0.335 e. The molecule has 1 aromatic heterocycles. The first-order chi connectivity index (χ1) is 9.69. The zero-order valence-corrected chi connectivity index (χ0v) is 10.6. The van der Waals surface area contributed by atoms with Crippen molar-refractivity contribution in [2.45, 2.75) is 0 Å². The molecule has 0 aliphatic heterocycles. The highest BCUT2D eigenvalue weighted by molar-refractivity contribution is 5.92. The first-order valence-corrected chi connectivity index (χ1v) is 5.92. The standard InChI is InChI=1S/C14H11N3O3/c1-20-11-4-2-3-10(8-11)17-13-7-9(14(18)19)5-6-12(13)15-16-17/h2-8H,1H3,(H,18,19). The van der Waals surface area contributed by atoms with Crippen LogP contribution in [0, 0.1) is 0 Å². The Hall–Kier alpha value is -2.89. The molecule has 100 valence electrons. The molecule has 0 aliphatic rings. The summed E-state index contributed by atoms with van der Waals surface area (Å²) in [6.45, 7) is 0. The summed E-state index contributed by atoms with van der Waals surface area (Å²) in [7, 11) is 1.58. The van der Waals surface area contributed by atoms with Gasteiger partial charge in [0.2, 0.25) is 0 Å². The van der Waals surface area contributed by atoms with Crippen molar-refractivity contribution >= 4 is 17.0 Å². The summed E-state index contributed by atoms with van der Waals surface area (Å²) in [6, 6.07) is 12.0. The predicted molar refractivity (Wildman–Crippen MR) is 72.4 cm³/mol. The molecule has 0 bridgehead atoms. The average Bonchev–Trinajstić information content (AvgIpc) is 2.90. The number of aromatic carboxylic acids is 1. The van der Waals surface area contributed by atoms with Crippen LogP contribution in [0.25, 0.3) is 16.7 Å². The minimum atomic E-state index is -0.981. The summed E-state index contributed by atoms with van der Waals surface area (Å²) in [4.78, 5) is 11.0. The molecule has 2 aromatic carbocycles. The molecule has 0 spiro atoms. The molecule has 3 aromatic rings. The van der Waals surface area contributed by atoms with Gasteiger partial charge < -0.3 is 9.84 Å². The highest BCUT2D eigenvalue weighted by atomic mass is 16.5. The molecule has 0 radical (unpaired) electrons. The zero-order chi connectivity index (χ0) is 14.1. The van der Waals surface area contributed by atoms with E-state index >= 15 is 0 Å². The number of carboxylic acids is 1. The fourth-order valence-corrected chi connectivity index (χ4v) is 1.98. The van der Waals surface area contributed by atoms with Gasteiger partial charge in [0, 0.05) is 6.07 Å². The van der Waals surface area contributed by atoms with Crippen molar-refractivity contribution in [3.63, 3.8) is 0 Å². The summed E-state index contributed by atoms with van der Waals surface area (Å²) in [5.41, 5.74) is 2.23. The highest BCUT2D eigenvalue weighted by Crippen LogP contribution is 2.21. The minimum Gasteiger partial charge on any atom is -0.497 e. The Bertz CT molecular complexity index is 795. The van der Waals surface area contributed by atoms with Crippen LogP contribution in [0.3, 0.4) is 0 Å². The quantitative estimate of drug-likeness (QED) is 0.788. The number of fused-ring (bicyclic) bond motifs is 1. The topological polar surface area (TPSA) is 77.2 Å². The van der Waals surface area contributed by atoms with E-state index in [-0.39, 0.29) is 5.56 Å². The van der Waals surface area contributed by atoms with Crippen molar-refractivity contribution in [1.82, 2.24) is 15.0 Å². The van der Waals surface area contributed by atoms with Gasteiger partial charge in [-0.05, 0) is 30.3 Å². The number of ether oxygens (including phenoxy) is 1. The number of rotatable bonds is 3. The molecule has 0 amide bonds. The van der Waals surface area contributed by atoms with Crippen molar-refractivity contribution in [2.24, 2.45) is 0 Å².